The largest absolute Gasteiger partial charge is 0.367 e. The summed E-state index contributed by atoms with van der Waals surface area (Å²) in [6, 6.07) is 0. The van der Waals surface area contributed by atoms with E-state index >= 15 is 0 Å². The molecule has 0 bridgehead atoms. The van der Waals surface area contributed by atoms with Crippen molar-refractivity contribution in [2.45, 2.75) is 39.8 Å². The maximum atomic E-state index is 5.31. The molecule has 1 aliphatic rings. The van der Waals surface area contributed by atoms with Crippen molar-refractivity contribution in [1.29, 1.82) is 0 Å². The van der Waals surface area contributed by atoms with Gasteiger partial charge in [0, 0.05) is 7.11 Å². The predicted molar refractivity (Wildman–Crippen MR) is 51.0 cm³/mol. The Bertz CT molecular complexity index is 139. The van der Waals surface area contributed by atoms with E-state index in [1.165, 1.54) is 6.42 Å². The van der Waals surface area contributed by atoms with Crippen molar-refractivity contribution < 1.29 is 4.74 Å². The number of hydrogen-bond acceptors (Lipinski definition) is 2. The van der Waals surface area contributed by atoms with E-state index in [1.807, 2.05) is 0 Å². The third-order valence-electron chi connectivity index (χ3n) is 2.87. The van der Waals surface area contributed by atoms with Crippen LogP contribution in [0.4, 0.5) is 0 Å². The minimum Gasteiger partial charge on any atom is -0.367 e. The fourth-order valence-corrected chi connectivity index (χ4v) is 1.84. The topological polar surface area (TPSA) is 21.3 Å². The van der Waals surface area contributed by atoms with Crippen molar-refractivity contribution in [2.24, 2.45) is 11.3 Å². The maximum absolute atomic E-state index is 5.31. The fourth-order valence-electron chi connectivity index (χ4n) is 1.84. The predicted octanol–water partition coefficient (Wildman–Crippen LogP) is 2.00. The summed E-state index contributed by atoms with van der Waals surface area (Å²) in [6.07, 6.45) is 2.71. The number of piperidine rings is 1. The van der Waals surface area contributed by atoms with Crippen LogP contribution < -0.4 is 5.32 Å². The van der Waals surface area contributed by atoms with Crippen molar-refractivity contribution >= 4 is 0 Å². The SMILES string of the molecule is COC1CC(C(C)(C)C)CCN1. The molecule has 2 nitrogen and oxygen atoms in total. The summed E-state index contributed by atoms with van der Waals surface area (Å²) in [5.74, 6) is 0.795. The number of ether oxygens (including phenoxy) is 1. The lowest BCUT2D eigenvalue weighted by atomic mass is 9.75. The van der Waals surface area contributed by atoms with Crippen LogP contribution >= 0.6 is 0 Å². The van der Waals surface area contributed by atoms with Gasteiger partial charge in [-0.1, -0.05) is 20.8 Å². The molecule has 0 saturated carbocycles. The highest BCUT2D eigenvalue weighted by atomic mass is 16.5. The van der Waals surface area contributed by atoms with Gasteiger partial charge in [0.05, 0.1) is 0 Å². The summed E-state index contributed by atoms with van der Waals surface area (Å²) in [7, 11) is 1.78. The van der Waals surface area contributed by atoms with Gasteiger partial charge in [-0.05, 0) is 30.7 Å². The summed E-state index contributed by atoms with van der Waals surface area (Å²) in [4.78, 5) is 0. The minimum atomic E-state index is 0.281. The van der Waals surface area contributed by atoms with Crippen LogP contribution in [0.3, 0.4) is 0 Å². The Hall–Kier alpha value is -0.0800. The van der Waals surface area contributed by atoms with Crippen molar-refractivity contribution in [1.82, 2.24) is 5.32 Å². The van der Waals surface area contributed by atoms with E-state index in [0.29, 0.717) is 5.41 Å². The minimum absolute atomic E-state index is 0.281. The highest BCUT2D eigenvalue weighted by Crippen LogP contribution is 2.34. The molecule has 2 unspecified atom stereocenters. The Kier molecular flexibility index (Phi) is 3.13. The first-order chi connectivity index (χ1) is 5.54. The Morgan fingerprint density at radius 3 is 2.50 bits per heavy atom. The highest BCUT2D eigenvalue weighted by Gasteiger charge is 2.30. The summed E-state index contributed by atoms with van der Waals surface area (Å²) >= 11 is 0. The molecule has 0 amide bonds. The summed E-state index contributed by atoms with van der Waals surface area (Å²) < 4.78 is 5.31. The average Bonchev–Trinajstić information content (AvgIpc) is 2.03. The normalized spacial score (nSPS) is 32.0. The Labute approximate surface area is 75.7 Å². The lowest BCUT2D eigenvalue weighted by Gasteiger charge is -2.37. The van der Waals surface area contributed by atoms with Crippen LogP contribution in [0, 0.1) is 11.3 Å². The van der Waals surface area contributed by atoms with Gasteiger partial charge in [0.15, 0.2) is 0 Å². The molecule has 0 aromatic heterocycles. The van der Waals surface area contributed by atoms with Gasteiger partial charge in [-0.15, -0.1) is 0 Å². The molecule has 0 spiro atoms. The monoisotopic (exact) mass is 171 g/mol. The van der Waals surface area contributed by atoms with Crippen molar-refractivity contribution in [2.75, 3.05) is 13.7 Å². The lowest BCUT2D eigenvalue weighted by Crippen LogP contribution is -2.42. The zero-order valence-electron chi connectivity index (χ0n) is 8.68. The highest BCUT2D eigenvalue weighted by molar-refractivity contribution is 4.81. The molecule has 1 saturated heterocycles. The number of methoxy groups -OCH3 is 1. The quantitative estimate of drug-likeness (QED) is 0.651. The zero-order valence-corrected chi connectivity index (χ0v) is 8.68. The molecule has 1 N–H and O–H groups in total. The summed E-state index contributed by atoms with van der Waals surface area (Å²) in [5.41, 5.74) is 0.429. The molecule has 0 aromatic rings. The van der Waals surface area contributed by atoms with Crippen LogP contribution in [-0.4, -0.2) is 19.9 Å². The average molecular weight is 171 g/mol. The van der Waals surface area contributed by atoms with Gasteiger partial charge in [0.1, 0.15) is 6.23 Å². The molecule has 1 heterocycles. The van der Waals surface area contributed by atoms with Gasteiger partial charge in [-0.2, -0.15) is 0 Å². The Morgan fingerprint density at radius 2 is 2.00 bits per heavy atom. The molecule has 2 atom stereocenters. The molecule has 1 aliphatic heterocycles. The molecule has 1 fully saturated rings. The molecule has 0 aliphatic carbocycles. The van der Waals surface area contributed by atoms with E-state index in [-0.39, 0.29) is 6.23 Å². The van der Waals surface area contributed by atoms with Crippen LogP contribution in [0.25, 0.3) is 0 Å². The third kappa shape index (κ3) is 2.46. The molecule has 1 rings (SSSR count). The van der Waals surface area contributed by atoms with E-state index in [0.717, 1.165) is 18.9 Å². The molecular weight excluding hydrogens is 150 g/mol. The standard InChI is InChI=1S/C10H21NO/c1-10(2,3)8-5-6-11-9(7-8)12-4/h8-9,11H,5-7H2,1-4H3. The van der Waals surface area contributed by atoms with Gasteiger partial charge >= 0.3 is 0 Å². The second kappa shape index (κ2) is 3.75. The first-order valence-electron chi connectivity index (χ1n) is 4.80. The van der Waals surface area contributed by atoms with Gasteiger partial charge in [0.25, 0.3) is 0 Å². The smallest absolute Gasteiger partial charge is 0.108 e. The van der Waals surface area contributed by atoms with Crippen LogP contribution in [0.15, 0.2) is 0 Å². The van der Waals surface area contributed by atoms with Gasteiger partial charge in [0.2, 0.25) is 0 Å². The summed E-state index contributed by atoms with van der Waals surface area (Å²) in [5, 5.41) is 3.35. The van der Waals surface area contributed by atoms with E-state index in [2.05, 4.69) is 26.1 Å². The number of hydrogen-bond donors (Lipinski definition) is 1. The lowest BCUT2D eigenvalue weighted by molar-refractivity contribution is 0.00865. The first-order valence-corrected chi connectivity index (χ1v) is 4.80. The van der Waals surface area contributed by atoms with Crippen LogP contribution in [0.5, 0.6) is 0 Å². The number of rotatable bonds is 1. The van der Waals surface area contributed by atoms with Crippen molar-refractivity contribution in [3.05, 3.63) is 0 Å². The zero-order chi connectivity index (χ0) is 9.19. The van der Waals surface area contributed by atoms with E-state index in [4.69, 9.17) is 4.74 Å². The molecule has 0 aromatic carbocycles. The van der Waals surface area contributed by atoms with Crippen molar-refractivity contribution in [3.63, 3.8) is 0 Å². The molecule has 0 radical (unpaired) electrons. The van der Waals surface area contributed by atoms with Crippen LogP contribution in [0.2, 0.25) is 0 Å². The Balaban J connectivity index is 2.46. The number of nitrogens with one attached hydrogen (secondary N) is 1. The van der Waals surface area contributed by atoms with Gasteiger partial charge < -0.3 is 4.74 Å². The van der Waals surface area contributed by atoms with Gasteiger partial charge in [-0.25, -0.2) is 0 Å². The van der Waals surface area contributed by atoms with E-state index < -0.39 is 0 Å². The van der Waals surface area contributed by atoms with E-state index in [1.54, 1.807) is 7.11 Å². The van der Waals surface area contributed by atoms with Crippen molar-refractivity contribution in [3.8, 4) is 0 Å². The second-order valence-electron chi connectivity index (χ2n) is 4.77. The maximum Gasteiger partial charge on any atom is 0.108 e. The second-order valence-corrected chi connectivity index (χ2v) is 4.77. The van der Waals surface area contributed by atoms with Crippen LogP contribution in [-0.2, 0) is 4.74 Å². The van der Waals surface area contributed by atoms with Crippen LogP contribution in [0.1, 0.15) is 33.6 Å². The molecule has 72 valence electrons. The molecular formula is C10H21NO. The first kappa shape index (κ1) is 10.0. The summed E-state index contributed by atoms with van der Waals surface area (Å²) in [6.45, 7) is 8.04. The van der Waals surface area contributed by atoms with Gasteiger partial charge in [-0.3, -0.25) is 5.32 Å². The fraction of sp³-hybridized carbons (Fsp3) is 1.00. The Morgan fingerprint density at radius 1 is 1.33 bits per heavy atom. The third-order valence-corrected chi connectivity index (χ3v) is 2.87. The molecule has 12 heavy (non-hydrogen) atoms. The van der Waals surface area contributed by atoms with E-state index in [9.17, 15) is 0 Å². The molecule has 2 heteroatoms.